The number of rotatable bonds is 8. The van der Waals surface area contributed by atoms with Crippen LogP contribution in [0, 0.1) is 0 Å². The maximum atomic E-state index is 12.6. The molecule has 3 N–H and O–H groups in total. The van der Waals surface area contributed by atoms with Crippen LogP contribution < -0.4 is 25.4 Å². The highest BCUT2D eigenvalue weighted by Crippen LogP contribution is 2.28. The van der Waals surface area contributed by atoms with E-state index in [9.17, 15) is 9.59 Å². The molecule has 8 nitrogen and oxygen atoms in total. The Kier molecular flexibility index (Phi) is 6.49. The topological polar surface area (TPSA) is 112 Å². The quantitative estimate of drug-likeness (QED) is 0.440. The predicted molar refractivity (Wildman–Crippen MR) is 113 cm³/mol. The molecule has 3 rings (SSSR count). The second-order valence-electron chi connectivity index (χ2n) is 6.26. The van der Waals surface area contributed by atoms with Crippen LogP contribution in [0.1, 0.15) is 15.9 Å². The van der Waals surface area contributed by atoms with Gasteiger partial charge in [0.15, 0.2) is 18.1 Å². The summed E-state index contributed by atoms with van der Waals surface area (Å²) in [4.78, 5) is 23.5. The van der Waals surface area contributed by atoms with Crippen LogP contribution in [-0.4, -0.2) is 38.9 Å². The zero-order chi connectivity index (χ0) is 21.5. The van der Waals surface area contributed by atoms with E-state index >= 15 is 0 Å². The van der Waals surface area contributed by atoms with E-state index in [0.717, 1.165) is 10.8 Å². The third-order valence-corrected chi connectivity index (χ3v) is 4.25. The lowest BCUT2D eigenvalue weighted by Crippen LogP contribution is -2.20. The third-order valence-electron chi connectivity index (χ3n) is 4.25. The number of nitrogens with zero attached hydrogens (tertiary/aromatic N) is 1. The standard InChI is InChI=1S/C22H21N3O5/c1-28-19-11-16-6-4-3-5-15(16)10-17(19)22(27)25-24-12-14-7-8-18(20(9-14)29-2)30-13-21(23)26/h3-12H,13H2,1-2H3,(H2,23,26)(H,25,27). The van der Waals surface area contributed by atoms with Crippen molar-refractivity contribution < 1.29 is 23.8 Å². The normalized spacial score (nSPS) is 10.7. The first kappa shape index (κ1) is 20.7. The molecule has 30 heavy (non-hydrogen) atoms. The van der Waals surface area contributed by atoms with Gasteiger partial charge in [0.1, 0.15) is 5.75 Å². The fourth-order valence-electron chi connectivity index (χ4n) is 2.82. The largest absolute Gasteiger partial charge is 0.496 e. The minimum Gasteiger partial charge on any atom is -0.496 e. The number of hydrogen-bond donors (Lipinski definition) is 2. The van der Waals surface area contributed by atoms with Crippen molar-refractivity contribution >= 4 is 28.8 Å². The number of ether oxygens (including phenoxy) is 3. The van der Waals surface area contributed by atoms with Crippen LogP contribution in [0.2, 0.25) is 0 Å². The molecule has 0 fully saturated rings. The molecule has 0 saturated heterocycles. The number of nitrogens with two attached hydrogens (primary N) is 1. The van der Waals surface area contributed by atoms with Gasteiger partial charge in [-0.15, -0.1) is 0 Å². The number of carbonyl (C=O) groups is 2. The van der Waals surface area contributed by atoms with Crippen molar-refractivity contribution in [1.82, 2.24) is 5.43 Å². The van der Waals surface area contributed by atoms with Crippen LogP contribution in [0.3, 0.4) is 0 Å². The van der Waals surface area contributed by atoms with Crippen molar-refractivity contribution in [2.45, 2.75) is 0 Å². The van der Waals surface area contributed by atoms with E-state index in [1.165, 1.54) is 20.4 Å². The zero-order valence-corrected chi connectivity index (χ0v) is 16.5. The lowest BCUT2D eigenvalue weighted by atomic mass is 10.1. The summed E-state index contributed by atoms with van der Waals surface area (Å²) < 4.78 is 15.9. The summed E-state index contributed by atoms with van der Waals surface area (Å²) >= 11 is 0. The second-order valence-corrected chi connectivity index (χ2v) is 6.26. The van der Waals surface area contributed by atoms with Crippen LogP contribution in [0.4, 0.5) is 0 Å². The molecule has 154 valence electrons. The number of fused-ring (bicyclic) bond motifs is 1. The highest BCUT2D eigenvalue weighted by atomic mass is 16.5. The molecule has 0 aliphatic heterocycles. The van der Waals surface area contributed by atoms with Crippen molar-refractivity contribution in [3.8, 4) is 17.2 Å². The maximum absolute atomic E-state index is 12.6. The van der Waals surface area contributed by atoms with Crippen molar-refractivity contribution in [2.75, 3.05) is 20.8 Å². The zero-order valence-electron chi connectivity index (χ0n) is 16.5. The van der Waals surface area contributed by atoms with E-state index in [1.54, 1.807) is 24.3 Å². The Labute approximate surface area is 173 Å². The van der Waals surface area contributed by atoms with E-state index in [-0.39, 0.29) is 6.61 Å². The predicted octanol–water partition coefficient (Wildman–Crippen LogP) is 2.48. The summed E-state index contributed by atoms with van der Waals surface area (Å²) in [5, 5.41) is 5.89. The molecule has 0 heterocycles. The first-order valence-corrected chi connectivity index (χ1v) is 9.01. The number of methoxy groups -OCH3 is 2. The van der Waals surface area contributed by atoms with Gasteiger partial charge in [-0.05, 0) is 46.7 Å². The van der Waals surface area contributed by atoms with Crippen molar-refractivity contribution in [3.63, 3.8) is 0 Å². The van der Waals surface area contributed by atoms with Crippen molar-refractivity contribution in [2.24, 2.45) is 10.8 Å². The first-order valence-electron chi connectivity index (χ1n) is 9.01. The number of primary amides is 1. The van der Waals surface area contributed by atoms with Gasteiger partial charge in [0.05, 0.1) is 26.0 Å². The molecular weight excluding hydrogens is 386 g/mol. The number of amides is 2. The highest BCUT2D eigenvalue weighted by Gasteiger charge is 2.13. The third kappa shape index (κ3) is 4.85. The lowest BCUT2D eigenvalue weighted by Gasteiger charge is -2.10. The van der Waals surface area contributed by atoms with Crippen LogP contribution in [-0.2, 0) is 4.79 Å². The van der Waals surface area contributed by atoms with Crippen molar-refractivity contribution in [3.05, 3.63) is 65.7 Å². The molecule has 3 aromatic rings. The molecule has 0 atom stereocenters. The monoisotopic (exact) mass is 407 g/mol. The van der Waals surface area contributed by atoms with Crippen molar-refractivity contribution in [1.29, 1.82) is 0 Å². The van der Waals surface area contributed by atoms with Crippen LogP contribution in [0.15, 0.2) is 59.7 Å². The number of carbonyl (C=O) groups excluding carboxylic acids is 2. The molecule has 0 unspecified atom stereocenters. The van der Waals surface area contributed by atoms with Gasteiger partial charge in [-0.3, -0.25) is 9.59 Å². The summed E-state index contributed by atoms with van der Waals surface area (Å²) in [6.45, 7) is -0.257. The average Bonchev–Trinajstić information content (AvgIpc) is 2.76. The van der Waals surface area contributed by atoms with Crippen LogP contribution in [0.5, 0.6) is 17.2 Å². The molecule has 0 saturated carbocycles. The number of hydrogen-bond acceptors (Lipinski definition) is 6. The summed E-state index contributed by atoms with van der Waals surface area (Å²) in [5.74, 6) is 0.247. The van der Waals surface area contributed by atoms with E-state index in [1.807, 2.05) is 30.3 Å². The van der Waals surface area contributed by atoms with Crippen LogP contribution in [0.25, 0.3) is 10.8 Å². The summed E-state index contributed by atoms with van der Waals surface area (Å²) in [5.41, 5.74) is 8.61. The molecule has 0 aliphatic carbocycles. The number of benzene rings is 3. The molecule has 3 aromatic carbocycles. The number of nitrogens with one attached hydrogen (secondary N) is 1. The molecule has 2 amide bonds. The molecule has 0 spiro atoms. The fourth-order valence-corrected chi connectivity index (χ4v) is 2.82. The fraction of sp³-hybridized carbons (Fsp3) is 0.136. The van der Waals surface area contributed by atoms with Gasteiger partial charge in [-0.2, -0.15) is 5.10 Å². The molecule has 0 aliphatic rings. The smallest absolute Gasteiger partial charge is 0.275 e. The van der Waals surface area contributed by atoms with Gasteiger partial charge in [0.2, 0.25) is 0 Å². The minimum absolute atomic E-state index is 0.257. The Morgan fingerprint density at radius 3 is 2.33 bits per heavy atom. The van der Waals surface area contributed by atoms with Gasteiger partial charge in [0, 0.05) is 0 Å². The van der Waals surface area contributed by atoms with Gasteiger partial charge in [-0.25, -0.2) is 5.43 Å². The Balaban J connectivity index is 1.74. The molecular formula is C22H21N3O5. The Morgan fingerprint density at radius 1 is 0.967 bits per heavy atom. The first-order chi connectivity index (χ1) is 14.5. The highest BCUT2D eigenvalue weighted by molar-refractivity contribution is 6.02. The summed E-state index contributed by atoms with van der Waals surface area (Å²) in [6.07, 6.45) is 1.46. The van der Waals surface area contributed by atoms with Gasteiger partial charge < -0.3 is 19.9 Å². The van der Waals surface area contributed by atoms with Gasteiger partial charge >= 0.3 is 0 Å². The van der Waals surface area contributed by atoms with Gasteiger partial charge in [-0.1, -0.05) is 24.3 Å². The number of hydrazone groups is 1. The molecule has 8 heteroatoms. The van der Waals surface area contributed by atoms with Gasteiger partial charge in [0.25, 0.3) is 11.8 Å². The Hall–Kier alpha value is -4.07. The van der Waals surface area contributed by atoms with E-state index < -0.39 is 11.8 Å². The average molecular weight is 407 g/mol. The summed E-state index contributed by atoms with van der Waals surface area (Å²) in [7, 11) is 2.99. The Bertz CT molecular complexity index is 1110. The molecule has 0 aromatic heterocycles. The summed E-state index contributed by atoms with van der Waals surface area (Å²) in [6, 6.07) is 16.2. The second kappa shape index (κ2) is 9.42. The Morgan fingerprint density at radius 2 is 1.67 bits per heavy atom. The SMILES string of the molecule is COc1cc(C=NNC(=O)c2cc3ccccc3cc2OC)ccc1OCC(N)=O. The molecule has 0 bridgehead atoms. The van der Waals surface area contributed by atoms with E-state index in [0.29, 0.717) is 28.4 Å². The lowest BCUT2D eigenvalue weighted by molar-refractivity contribution is -0.119. The van der Waals surface area contributed by atoms with Crippen LogP contribution >= 0.6 is 0 Å². The maximum Gasteiger partial charge on any atom is 0.275 e. The minimum atomic E-state index is -0.588. The van der Waals surface area contributed by atoms with E-state index in [4.69, 9.17) is 19.9 Å². The molecule has 0 radical (unpaired) electrons. The van der Waals surface area contributed by atoms with E-state index in [2.05, 4.69) is 10.5 Å².